The summed E-state index contributed by atoms with van der Waals surface area (Å²) in [6.45, 7) is 4.87. The molecule has 1 heterocycles. The first kappa shape index (κ1) is 20.5. The van der Waals surface area contributed by atoms with E-state index in [1.54, 1.807) is 18.4 Å². The average molecular weight is 400 g/mol. The van der Waals surface area contributed by atoms with Crippen LogP contribution in [0.25, 0.3) is 0 Å². The second-order valence-electron chi connectivity index (χ2n) is 7.14. The van der Waals surface area contributed by atoms with Crippen LogP contribution in [0.1, 0.15) is 49.0 Å². The standard InChI is InChI=1S/C23H29NO3S/c1-3-4-11-23(25)24(19-8-5-6-9-19)16-18-12-13-21(26-2)22(15-18)27-17-20-10-7-14-28-20/h3,7,10,12-15,19H,1,4-6,8-9,11,16-17H2,2H3. The first-order chi connectivity index (χ1) is 13.7. The normalized spacial score (nSPS) is 14.0. The number of methoxy groups -OCH3 is 1. The molecule has 1 aromatic carbocycles. The van der Waals surface area contributed by atoms with E-state index in [0.29, 0.717) is 31.4 Å². The van der Waals surface area contributed by atoms with E-state index in [-0.39, 0.29) is 5.91 Å². The number of benzene rings is 1. The van der Waals surface area contributed by atoms with Crippen molar-refractivity contribution in [1.29, 1.82) is 0 Å². The van der Waals surface area contributed by atoms with Crippen molar-refractivity contribution in [2.24, 2.45) is 0 Å². The van der Waals surface area contributed by atoms with Crippen molar-refractivity contribution in [1.82, 2.24) is 4.90 Å². The number of amides is 1. The van der Waals surface area contributed by atoms with Crippen molar-refractivity contribution in [3.8, 4) is 11.5 Å². The molecule has 1 amide bonds. The highest BCUT2D eigenvalue weighted by molar-refractivity contribution is 7.09. The van der Waals surface area contributed by atoms with E-state index in [1.807, 2.05) is 35.7 Å². The molecule has 2 aromatic rings. The van der Waals surface area contributed by atoms with Gasteiger partial charge in [-0.1, -0.05) is 31.1 Å². The maximum atomic E-state index is 12.8. The molecule has 4 nitrogen and oxygen atoms in total. The Hall–Kier alpha value is -2.27. The molecular formula is C23H29NO3S. The molecule has 1 saturated carbocycles. The van der Waals surface area contributed by atoms with Crippen LogP contribution in [0.4, 0.5) is 0 Å². The van der Waals surface area contributed by atoms with Gasteiger partial charge < -0.3 is 14.4 Å². The Labute approximate surface area is 171 Å². The Balaban J connectivity index is 1.74. The van der Waals surface area contributed by atoms with E-state index in [4.69, 9.17) is 9.47 Å². The highest BCUT2D eigenvalue weighted by Gasteiger charge is 2.26. The first-order valence-electron chi connectivity index (χ1n) is 9.93. The molecule has 28 heavy (non-hydrogen) atoms. The topological polar surface area (TPSA) is 38.8 Å². The summed E-state index contributed by atoms with van der Waals surface area (Å²) in [5, 5.41) is 2.04. The molecule has 1 aliphatic rings. The number of rotatable bonds is 10. The zero-order valence-electron chi connectivity index (χ0n) is 16.6. The van der Waals surface area contributed by atoms with E-state index >= 15 is 0 Å². The number of carbonyl (C=O) groups excluding carboxylic acids is 1. The number of hydrogen-bond donors (Lipinski definition) is 0. The molecule has 0 unspecified atom stereocenters. The first-order valence-corrected chi connectivity index (χ1v) is 10.8. The number of nitrogens with zero attached hydrogens (tertiary/aromatic N) is 1. The predicted octanol–water partition coefficient (Wildman–Crippen LogP) is 5.57. The highest BCUT2D eigenvalue weighted by Crippen LogP contribution is 2.31. The second kappa shape index (κ2) is 10.3. The average Bonchev–Trinajstić information content (AvgIpc) is 3.42. The number of allylic oxidation sites excluding steroid dienone is 1. The van der Waals surface area contributed by atoms with Gasteiger partial charge in [-0.25, -0.2) is 0 Å². The van der Waals surface area contributed by atoms with Gasteiger partial charge in [-0.2, -0.15) is 0 Å². The third-order valence-electron chi connectivity index (χ3n) is 5.18. The van der Waals surface area contributed by atoms with Crippen LogP contribution in [0.2, 0.25) is 0 Å². The van der Waals surface area contributed by atoms with Gasteiger partial charge in [-0.3, -0.25) is 4.79 Å². The van der Waals surface area contributed by atoms with Crippen molar-refractivity contribution >= 4 is 17.2 Å². The van der Waals surface area contributed by atoms with Crippen LogP contribution in [0, 0.1) is 0 Å². The maximum Gasteiger partial charge on any atom is 0.223 e. The minimum atomic E-state index is 0.212. The highest BCUT2D eigenvalue weighted by atomic mass is 32.1. The van der Waals surface area contributed by atoms with E-state index in [9.17, 15) is 4.79 Å². The summed E-state index contributed by atoms with van der Waals surface area (Å²) in [5.74, 6) is 1.65. The summed E-state index contributed by atoms with van der Waals surface area (Å²) in [7, 11) is 1.65. The van der Waals surface area contributed by atoms with Crippen LogP contribution in [-0.2, 0) is 17.9 Å². The fourth-order valence-electron chi connectivity index (χ4n) is 3.68. The molecular weight excluding hydrogens is 370 g/mol. The van der Waals surface area contributed by atoms with Crippen molar-refractivity contribution < 1.29 is 14.3 Å². The van der Waals surface area contributed by atoms with Gasteiger partial charge in [0.2, 0.25) is 5.91 Å². The lowest BCUT2D eigenvalue weighted by atomic mass is 10.1. The molecule has 0 bridgehead atoms. The summed E-state index contributed by atoms with van der Waals surface area (Å²) in [6.07, 6.45) is 7.66. The van der Waals surface area contributed by atoms with Gasteiger partial charge >= 0.3 is 0 Å². The zero-order chi connectivity index (χ0) is 19.8. The summed E-state index contributed by atoms with van der Waals surface area (Å²) < 4.78 is 11.5. The number of ether oxygens (including phenoxy) is 2. The molecule has 0 saturated heterocycles. The SMILES string of the molecule is C=CCCC(=O)N(Cc1ccc(OC)c(OCc2cccs2)c1)C1CCCC1. The number of thiophene rings is 1. The molecule has 150 valence electrons. The van der Waals surface area contributed by atoms with E-state index < -0.39 is 0 Å². The third-order valence-corrected chi connectivity index (χ3v) is 6.03. The molecule has 1 aromatic heterocycles. The molecule has 3 rings (SSSR count). The van der Waals surface area contributed by atoms with E-state index in [0.717, 1.165) is 30.6 Å². The molecule has 0 atom stereocenters. The molecule has 1 fully saturated rings. The summed E-state index contributed by atoms with van der Waals surface area (Å²) >= 11 is 1.67. The fourth-order valence-corrected chi connectivity index (χ4v) is 4.29. The monoisotopic (exact) mass is 399 g/mol. The van der Waals surface area contributed by atoms with Crippen LogP contribution >= 0.6 is 11.3 Å². The van der Waals surface area contributed by atoms with Crippen LogP contribution in [0.15, 0.2) is 48.4 Å². The largest absolute Gasteiger partial charge is 0.493 e. The molecule has 5 heteroatoms. The van der Waals surface area contributed by atoms with Crippen molar-refractivity contribution in [2.45, 2.75) is 57.7 Å². The molecule has 0 spiro atoms. The van der Waals surface area contributed by atoms with E-state index in [1.165, 1.54) is 17.7 Å². The minimum absolute atomic E-state index is 0.212. The van der Waals surface area contributed by atoms with Gasteiger partial charge in [0.1, 0.15) is 6.61 Å². The van der Waals surface area contributed by atoms with Crippen molar-refractivity contribution in [3.05, 3.63) is 58.8 Å². The molecule has 0 aliphatic heterocycles. The van der Waals surface area contributed by atoms with Crippen LogP contribution < -0.4 is 9.47 Å². The lowest BCUT2D eigenvalue weighted by Crippen LogP contribution is -2.38. The van der Waals surface area contributed by atoms with Crippen LogP contribution in [0.5, 0.6) is 11.5 Å². The van der Waals surface area contributed by atoms with Gasteiger partial charge in [-0.15, -0.1) is 17.9 Å². The maximum absolute atomic E-state index is 12.8. The van der Waals surface area contributed by atoms with E-state index in [2.05, 4.69) is 17.5 Å². The van der Waals surface area contributed by atoms with Crippen molar-refractivity contribution in [3.63, 3.8) is 0 Å². The Morgan fingerprint density at radius 2 is 2.11 bits per heavy atom. The molecule has 1 aliphatic carbocycles. The predicted molar refractivity (Wildman–Crippen MR) is 114 cm³/mol. The van der Waals surface area contributed by atoms with Gasteiger partial charge in [-0.05, 0) is 48.4 Å². The quantitative estimate of drug-likeness (QED) is 0.490. The molecule has 0 N–H and O–H groups in total. The van der Waals surface area contributed by atoms with Gasteiger partial charge in [0.25, 0.3) is 0 Å². The third kappa shape index (κ3) is 5.38. The summed E-state index contributed by atoms with van der Waals surface area (Å²) in [6, 6.07) is 10.4. The Morgan fingerprint density at radius 3 is 2.79 bits per heavy atom. The molecule has 0 radical (unpaired) electrons. The van der Waals surface area contributed by atoms with Gasteiger partial charge in [0, 0.05) is 23.9 Å². The number of hydrogen-bond acceptors (Lipinski definition) is 4. The minimum Gasteiger partial charge on any atom is -0.493 e. The Kier molecular flexibility index (Phi) is 7.54. The Morgan fingerprint density at radius 1 is 1.29 bits per heavy atom. The fraction of sp³-hybridized carbons (Fsp3) is 0.435. The number of carbonyl (C=O) groups is 1. The van der Waals surface area contributed by atoms with Crippen molar-refractivity contribution in [2.75, 3.05) is 7.11 Å². The van der Waals surface area contributed by atoms with Crippen LogP contribution in [0.3, 0.4) is 0 Å². The van der Waals surface area contributed by atoms with Gasteiger partial charge in [0.15, 0.2) is 11.5 Å². The smallest absolute Gasteiger partial charge is 0.223 e. The summed E-state index contributed by atoms with van der Waals surface area (Å²) in [4.78, 5) is 16.0. The lowest BCUT2D eigenvalue weighted by Gasteiger charge is -2.29. The second-order valence-corrected chi connectivity index (χ2v) is 8.17. The lowest BCUT2D eigenvalue weighted by molar-refractivity contribution is -0.134. The van der Waals surface area contributed by atoms with Gasteiger partial charge in [0.05, 0.1) is 7.11 Å². The Bertz CT molecular complexity index is 766. The van der Waals surface area contributed by atoms with Crippen LogP contribution in [-0.4, -0.2) is 24.0 Å². The summed E-state index contributed by atoms with van der Waals surface area (Å²) in [5.41, 5.74) is 1.07. The zero-order valence-corrected chi connectivity index (χ0v) is 17.4.